The molecule has 23 heavy (non-hydrogen) atoms. The maximum atomic E-state index is 11.8. The summed E-state index contributed by atoms with van der Waals surface area (Å²) >= 11 is 0. The summed E-state index contributed by atoms with van der Waals surface area (Å²) in [6.45, 7) is 4.88. The van der Waals surface area contributed by atoms with Gasteiger partial charge < -0.3 is 9.94 Å². The van der Waals surface area contributed by atoms with Gasteiger partial charge in [-0.15, -0.1) is 0 Å². The summed E-state index contributed by atoms with van der Waals surface area (Å²) in [5.41, 5.74) is 2.50. The molecule has 1 aromatic rings. The quantitative estimate of drug-likeness (QED) is 0.858. The number of carboxylic acid groups (broad SMARTS) is 1. The largest absolute Gasteiger partial charge is 0.480 e. The second kappa shape index (κ2) is 6.16. The Morgan fingerprint density at radius 3 is 2.57 bits per heavy atom. The van der Waals surface area contributed by atoms with Gasteiger partial charge in [-0.1, -0.05) is 42.1 Å². The second-order valence-corrected chi connectivity index (χ2v) is 8.25. The zero-order valence-electron chi connectivity index (χ0n) is 13.0. The van der Waals surface area contributed by atoms with Crippen molar-refractivity contribution in [2.75, 3.05) is 6.26 Å². The number of aliphatic carboxylic acids is 1. The zero-order chi connectivity index (χ0) is 17.3. The highest BCUT2D eigenvalue weighted by molar-refractivity contribution is 7.92. The molecule has 6 nitrogen and oxygen atoms in total. The van der Waals surface area contributed by atoms with Gasteiger partial charge in [0.1, 0.15) is 6.10 Å². The highest BCUT2D eigenvalue weighted by Gasteiger charge is 2.47. The Balaban J connectivity index is 2.12. The molecule has 0 fully saturated rings. The molecule has 0 unspecified atom stereocenters. The molecule has 0 radical (unpaired) electrons. The fraction of sp³-hybridized carbons (Fsp3) is 0.375. The second-order valence-electron chi connectivity index (χ2n) is 5.81. The van der Waals surface area contributed by atoms with Crippen LogP contribution in [0.1, 0.15) is 30.9 Å². The molecule has 2 atom stereocenters. The van der Waals surface area contributed by atoms with E-state index in [9.17, 15) is 18.3 Å². The van der Waals surface area contributed by atoms with Crippen LogP contribution in [-0.4, -0.2) is 42.3 Å². The van der Waals surface area contributed by atoms with E-state index in [4.69, 9.17) is 4.84 Å². The highest BCUT2D eigenvalue weighted by Crippen LogP contribution is 2.29. The summed E-state index contributed by atoms with van der Waals surface area (Å²) in [5, 5.41) is 13.3. The Morgan fingerprint density at radius 1 is 1.48 bits per heavy atom. The lowest BCUT2D eigenvalue weighted by Gasteiger charge is -2.24. The van der Waals surface area contributed by atoms with Gasteiger partial charge in [-0.05, 0) is 18.1 Å². The van der Waals surface area contributed by atoms with Crippen molar-refractivity contribution >= 4 is 27.6 Å². The first kappa shape index (κ1) is 17.2. The number of sulfone groups is 1. The molecule has 1 aromatic carbocycles. The Morgan fingerprint density at radius 2 is 2.09 bits per heavy atom. The van der Waals surface area contributed by atoms with Crippen LogP contribution >= 0.6 is 0 Å². The van der Waals surface area contributed by atoms with Gasteiger partial charge in [-0.2, -0.15) is 0 Å². The fourth-order valence-electron chi connectivity index (χ4n) is 2.35. The van der Waals surface area contributed by atoms with E-state index in [1.165, 1.54) is 6.92 Å². The number of hydrogen-bond acceptors (Lipinski definition) is 5. The summed E-state index contributed by atoms with van der Waals surface area (Å²) in [7, 11) is -3.78. The van der Waals surface area contributed by atoms with E-state index in [2.05, 4.69) is 11.7 Å². The van der Waals surface area contributed by atoms with Gasteiger partial charge in [0.15, 0.2) is 14.6 Å². The molecule has 0 saturated heterocycles. The normalized spacial score (nSPS) is 20.3. The molecule has 7 heteroatoms. The van der Waals surface area contributed by atoms with Gasteiger partial charge in [0.2, 0.25) is 0 Å². The minimum Gasteiger partial charge on any atom is -0.480 e. The summed E-state index contributed by atoms with van der Waals surface area (Å²) in [6.07, 6.45) is 2.28. The first-order valence-corrected chi connectivity index (χ1v) is 8.95. The fourth-order valence-corrected chi connectivity index (χ4v) is 3.16. The van der Waals surface area contributed by atoms with Crippen LogP contribution < -0.4 is 0 Å². The number of rotatable bonds is 6. The van der Waals surface area contributed by atoms with Crippen molar-refractivity contribution in [2.24, 2.45) is 5.16 Å². The van der Waals surface area contributed by atoms with E-state index < -0.39 is 26.7 Å². The lowest BCUT2D eigenvalue weighted by molar-refractivity contribution is -0.140. The third-order valence-corrected chi connectivity index (χ3v) is 6.08. The molecule has 0 saturated carbocycles. The van der Waals surface area contributed by atoms with Crippen molar-refractivity contribution in [3.8, 4) is 0 Å². The first-order chi connectivity index (χ1) is 10.7. The van der Waals surface area contributed by atoms with Crippen molar-refractivity contribution in [2.45, 2.75) is 30.6 Å². The van der Waals surface area contributed by atoms with Gasteiger partial charge in [0, 0.05) is 19.1 Å². The molecular weight excluding hydrogens is 318 g/mol. The van der Waals surface area contributed by atoms with Gasteiger partial charge in [-0.3, -0.25) is 4.79 Å². The van der Waals surface area contributed by atoms with Crippen LogP contribution in [-0.2, 0) is 19.5 Å². The number of carboxylic acids is 1. The van der Waals surface area contributed by atoms with Crippen LogP contribution in [0.3, 0.4) is 0 Å². The zero-order valence-corrected chi connectivity index (χ0v) is 13.8. The minimum atomic E-state index is -3.78. The Hall–Kier alpha value is -2.15. The predicted molar refractivity (Wildman–Crippen MR) is 88.1 cm³/mol. The molecule has 1 aliphatic rings. The average Bonchev–Trinajstić information content (AvgIpc) is 2.94. The topological polar surface area (TPSA) is 93.0 Å². The first-order valence-electron chi connectivity index (χ1n) is 7.06. The van der Waals surface area contributed by atoms with Gasteiger partial charge >= 0.3 is 5.97 Å². The van der Waals surface area contributed by atoms with E-state index in [-0.39, 0.29) is 6.42 Å². The number of nitrogens with zero attached hydrogens (tertiary/aromatic N) is 1. The SMILES string of the molecule is C=Cc1ccc(C2=NO[C@@H](C[C@](C)(C(=O)O)S(C)(=O)=O)C2)cc1. The van der Waals surface area contributed by atoms with Crippen molar-refractivity contribution in [3.05, 3.63) is 42.0 Å². The van der Waals surface area contributed by atoms with E-state index in [0.717, 1.165) is 17.4 Å². The highest BCUT2D eigenvalue weighted by atomic mass is 32.2. The minimum absolute atomic E-state index is 0.154. The molecule has 1 heterocycles. The lowest BCUT2D eigenvalue weighted by Crippen LogP contribution is -2.45. The molecular formula is C16H19NO5S. The molecule has 0 aliphatic carbocycles. The number of benzene rings is 1. The van der Waals surface area contributed by atoms with Gasteiger partial charge in [0.05, 0.1) is 5.71 Å². The third-order valence-electron chi connectivity index (χ3n) is 4.10. The van der Waals surface area contributed by atoms with Crippen molar-refractivity contribution < 1.29 is 23.2 Å². The Bertz CT molecular complexity index is 751. The summed E-state index contributed by atoms with van der Waals surface area (Å²) in [5.74, 6) is -1.38. The van der Waals surface area contributed by atoms with E-state index in [1.807, 2.05) is 24.3 Å². The van der Waals surface area contributed by atoms with Crippen LogP contribution in [0, 0.1) is 0 Å². The third kappa shape index (κ3) is 3.44. The van der Waals surface area contributed by atoms with Crippen molar-refractivity contribution in [1.82, 2.24) is 0 Å². The summed E-state index contributed by atoms with van der Waals surface area (Å²) in [6, 6.07) is 7.51. The van der Waals surface area contributed by atoms with E-state index in [1.54, 1.807) is 6.08 Å². The lowest BCUT2D eigenvalue weighted by atomic mass is 9.97. The molecule has 2 rings (SSSR count). The van der Waals surface area contributed by atoms with E-state index >= 15 is 0 Å². The smallest absolute Gasteiger partial charge is 0.324 e. The molecule has 124 valence electrons. The number of oxime groups is 1. The van der Waals surface area contributed by atoms with Crippen LogP contribution in [0.25, 0.3) is 6.08 Å². The molecule has 1 aliphatic heterocycles. The monoisotopic (exact) mass is 337 g/mol. The maximum Gasteiger partial charge on any atom is 0.324 e. The molecule has 0 amide bonds. The summed E-state index contributed by atoms with van der Waals surface area (Å²) in [4.78, 5) is 16.7. The molecule has 0 aromatic heterocycles. The number of carbonyl (C=O) groups is 1. The van der Waals surface area contributed by atoms with Gasteiger partial charge in [0.25, 0.3) is 0 Å². The average molecular weight is 337 g/mol. The molecule has 1 N–H and O–H groups in total. The van der Waals surface area contributed by atoms with Crippen molar-refractivity contribution in [3.63, 3.8) is 0 Å². The number of hydrogen-bond donors (Lipinski definition) is 1. The van der Waals surface area contributed by atoms with E-state index in [0.29, 0.717) is 12.1 Å². The van der Waals surface area contributed by atoms with Crippen LogP contribution in [0.4, 0.5) is 0 Å². The van der Waals surface area contributed by atoms with Crippen molar-refractivity contribution in [1.29, 1.82) is 0 Å². The Kier molecular flexibility index (Phi) is 4.61. The maximum absolute atomic E-state index is 11.8. The molecule has 0 spiro atoms. The summed E-state index contributed by atoms with van der Waals surface area (Å²) < 4.78 is 21.7. The molecule has 0 bridgehead atoms. The van der Waals surface area contributed by atoms with Crippen LogP contribution in [0.2, 0.25) is 0 Å². The predicted octanol–water partition coefficient (Wildman–Crippen LogP) is 2.10. The standard InChI is InChI=1S/C16H19NO5S/c1-4-11-5-7-12(8-6-11)14-9-13(22-17-14)10-16(2,15(18)19)23(3,20)21/h4-8,13H,1,9-10H2,2-3H3,(H,18,19)/t13-,16-/m1/s1. The van der Waals surface area contributed by atoms with Gasteiger partial charge in [-0.25, -0.2) is 8.42 Å². The van der Waals surface area contributed by atoms with Crippen LogP contribution in [0.15, 0.2) is 36.0 Å². The Labute approximate surface area is 135 Å². The van der Waals surface area contributed by atoms with Crippen LogP contribution in [0.5, 0.6) is 0 Å².